The third kappa shape index (κ3) is 5.71. The summed E-state index contributed by atoms with van der Waals surface area (Å²) in [4.78, 5) is 0. The number of ether oxygens (including phenoxy) is 1. The Morgan fingerprint density at radius 3 is 2.39 bits per heavy atom. The van der Waals surface area contributed by atoms with E-state index in [1.54, 1.807) is 0 Å². The minimum Gasteiger partial charge on any atom is -0.385 e. The molecule has 1 saturated carbocycles. The fourth-order valence-corrected chi connectivity index (χ4v) is 3.30. The van der Waals surface area contributed by atoms with Gasteiger partial charge in [0.25, 0.3) is 0 Å². The molecule has 0 aliphatic heterocycles. The molecule has 1 aliphatic carbocycles. The monoisotopic (exact) mass is 255 g/mol. The summed E-state index contributed by atoms with van der Waals surface area (Å²) in [6.07, 6.45) is 11.1. The van der Waals surface area contributed by atoms with Gasteiger partial charge in [0.15, 0.2) is 0 Å². The van der Waals surface area contributed by atoms with Crippen molar-refractivity contribution in [3.05, 3.63) is 0 Å². The van der Waals surface area contributed by atoms with Gasteiger partial charge in [0, 0.05) is 19.8 Å². The molecule has 0 aromatic rings. The Labute approximate surface area is 114 Å². The first-order chi connectivity index (χ1) is 8.79. The van der Waals surface area contributed by atoms with E-state index in [1.165, 1.54) is 57.9 Å². The average Bonchev–Trinajstić information content (AvgIpc) is 2.66. The zero-order chi connectivity index (χ0) is 13.2. The second kappa shape index (κ2) is 9.80. The van der Waals surface area contributed by atoms with Crippen LogP contribution >= 0.6 is 0 Å². The molecule has 0 bridgehead atoms. The van der Waals surface area contributed by atoms with Gasteiger partial charge in [-0.25, -0.2) is 0 Å². The molecule has 0 heterocycles. The molecule has 1 aliphatic rings. The molecule has 0 aromatic carbocycles. The molecule has 0 aromatic heterocycles. The van der Waals surface area contributed by atoms with E-state index < -0.39 is 0 Å². The lowest BCUT2D eigenvalue weighted by Gasteiger charge is -2.32. The Kier molecular flexibility index (Phi) is 8.70. The van der Waals surface area contributed by atoms with E-state index in [4.69, 9.17) is 4.74 Å². The zero-order valence-corrected chi connectivity index (χ0v) is 12.7. The third-order valence-corrected chi connectivity index (χ3v) is 4.43. The van der Waals surface area contributed by atoms with E-state index in [2.05, 4.69) is 19.2 Å². The maximum Gasteiger partial charge on any atom is 0.0465 e. The number of rotatable bonds is 8. The van der Waals surface area contributed by atoms with E-state index in [-0.39, 0.29) is 0 Å². The Morgan fingerprint density at radius 2 is 1.83 bits per heavy atom. The maximum atomic E-state index is 5.25. The fourth-order valence-electron chi connectivity index (χ4n) is 3.30. The highest BCUT2D eigenvalue weighted by molar-refractivity contribution is 4.82. The smallest absolute Gasteiger partial charge is 0.0465 e. The van der Waals surface area contributed by atoms with Crippen molar-refractivity contribution >= 4 is 0 Å². The molecule has 0 amide bonds. The largest absolute Gasteiger partial charge is 0.385 e. The predicted octanol–water partition coefficient (Wildman–Crippen LogP) is 4.00. The van der Waals surface area contributed by atoms with Crippen LogP contribution in [0.15, 0.2) is 0 Å². The van der Waals surface area contributed by atoms with Crippen LogP contribution in [0, 0.1) is 11.8 Å². The van der Waals surface area contributed by atoms with Crippen molar-refractivity contribution < 1.29 is 4.74 Å². The van der Waals surface area contributed by atoms with Crippen molar-refractivity contribution in [2.24, 2.45) is 11.8 Å². The highest BCUT2D eigenvalue weighted by atomic mass is 16.5. The van der Waals surface area contributed by atoms with Crippen LogP contribution in [0.4, 0.5) is 0 Å². The van der Waals surface area contributed by atoms with Crippen LogP contribution in [0.25, 0.3) is 0 Å². The first-order valence-electron chi connectivity index (χ1n) is 8.02. The van der Waals surface area contributed by atoms with Crippen molar-refractivity contribution in [1.29, 1.82) is 0 Å². The van der Waals surface area contributed by atoms with Crippen LogP contribution in [0.1, 0.15) is 65.2 Å². The number of hydrogen-bond donors (Lipinski definition) is 1. The van der Waals surface area contributed by atoms with Crippen LogP contribution in [-0.4, -0.2) is 26.3 Å². The lowest BCUT2D eigenvalue weighted by atomic mass is 9.83. The van der Waals surface area contributed by atoms with Crippen LogP contribution in [0.2, 0.25) is 0 Å². The summed E-state index contributed by atoms with van der Waals surface area (Å²) in [5.74, 6) is 1.63. The molecule has 108 valence electrons. The van der Waals surface area contributed by atoms with Gasteiger partial charge < -0.3 is 10.1 Å². The lowest BCUT2D eigenvalue weighted by Crippen LogP contribution is -2.42. The van der Waals surface area contributed by atoms with E-state index in [0.29, 0.717) is 6.04 Å². The van der Waals surface area contributed by atoms with Gasteiger partial charge in [-0.3, -0.25) is 0 Å². The summed E-state index contributed by atoms with van der Waals surface area (Å²) in [7, 11) is 1.81. The van der Waals surface area contributed by atoms with Gasteiger partial charge >= 0.3 is 0 Å². The van der Waals surface area contributed by atoms with Crippen LogP contribution in [0.3, 0.4) is 0 Å². The van der Waals surface area contributed by atoms with Gasteiger partial charge in [-0.2, -0.15) is 0 Å². The fraction of sp³-hybridized carbons (Fsp3) is 1.00. The van der Waals surface area contributed by atoms with Crippen molar-refractivity contribution in [2.75, 3.05) is 20.3 Å². The molecule has 2 atom stereocenters. The number of nitrogens with one attached hydrogen (secondary N) is 1. The van der Waals surface area contributed by atoms with Crippen molar-refractivity contribution in [3.8, 4) is 0 Å². The summed E-state index contributed by atoms with van der Waals surface area (Å²) >= 11 is 0. The zero-order valence-electron chi connectivity index (χ0n) is 12.7. The molecule has 1 N–H and O–H groups in total. The van der Waals surface area contributed by atoms with Crippen LogP contribution < -0.4 is 5.32 Å². The Balaban J connectivity index is 2.50. The Bertz CT molecular complexity index is 188. The first kappa shape index (κ1) is 16.0. The van der Waals surface area contributed by atoms with Crippen molar-refractivity contribution in [3.63, 3.8) is 0 Å². The molecule has 2 nitrogen and oxygen atoms in total. The van der Waals surface area contributed by atoms with Gasteiger partial charge in [0.2, 0.25) is 0 Å². The second-order valence-electron chi connectivity index (χ2n) is 5.99. The topological polar surface area (TPSA) is 21.3 Å². The molecule has 1 fully saturated rings. The van der Waals surface area contributed by atoms with Gasteiger partial charge in [0.1, 0.15) is 0 Å². The SMILES string of the molecule is CCCNC(C(C)CCOC)C1CCCCCC1. The average molecular weight is 255 g/mol. The lowest BCUT2D eigenvalue weighted by molar-refractivity contribution is 0.154. The molecular formula is C16H33NO. The van der Waals surface area contributed by atoms with E-state index in [0.717, 1.165) is 18.4 Å². The van der Waals surface area contributed by atoms with Crippen LogP contribution in [-0.2, 0) is 4.74 Å². The highest BCUT2D eigenvalue weighted by Gasteiger charge is 2.26. The Hall–Kier alpha value is -0.0800. The predicted molar refractivity (Wildman–Crippen MR) is 78.9 cm³/mol. The summed E-state index contributed by atoms with van der Waals surface area (Å²) in [6, 6.07) is 0.707. The quantitative estimate of drug-likeness (QED) is 0.662. The molecule has 0 spiro atoms. The summed E-state index contributed by atoms with van der Waals surface area (Å²) < 4.78 is 5.25. The summed E-state index contributed by atoms with van der Waals surface area (Å²) in [5.41, 5.74) is 0. The van der Waals surface area contributed by atoms with Gasteiger partial charge in [0.05, 0.1) is 0 Å². The number of methoxy groups -OCH3 is 1. The molecule has 0 saturated heterocycles. The van der Waals surface area contributed by atoms with Crippen molar-refractivity contribution in [2.45, 2.75) is 71.3 Å². The first-order valence-corrected chi connectivity index (χ1v) is 8.02. The highest BCUT2D eigenvalue weighted by Crippen LogP contribution is 2.29. The second-order valence-corrected chi connectivity index (χ2v) is 5.99. The molecule has 2 heteroatoms. The molecule has 1 rings (SSSR count). The van der Waals surface area contributed by atoms with Gasteiger partial charge in [-0.1, -0.05) is 39.5 Å². The molecule has 0 radical (unpaired) electrons. The van der Waals surface area contributed by atoms with E-state index in [9.17, 15) is 0 Å². The summed E-state index contributed by atoms with van der Waals surface area (Å²) in [6.45, 7) is 6.73. The molecule has 2 unspecified atom stereocenters. The standard InChI is InChI=1S/C16H33NO/c1-4-12-17-16(14(2)11-13-18-3)15-9-7-5-6-8-10-15/h14-17H,4-13H2,1-3H3. The van der Waals surface area contributed by atoms with Crippen LogP contribution in [0.5, 0.6) is 0 Å². The Morgan fingerprint density at radius 1 is 1.17 bits per heavy atom. The van der Waals surface area contributed by atoms with Gasteiger partial charge in [-0.05, 0) is 44.1 Å². The molecule has 18 heavy (non-hydrogen) atoms. The normalized spacial score (nSPS) is 21.5. The van der Waals surface area contributed by atoms with Gasteiger partial charge in [-0.15, -0.1) is 0 Å². The minimum absolute atomic E-state index is 0.707. The minimum atomic E-state index is 0.707. The van der Waals surface area contributed by atoms with E-state index in [1.807, 2.05) is 7.11 Å². The number of hydrogen-bond acceptors (Lipinski definition) is 2. The maximum absolute atomic E-state index is 5.25. The summed E-state index contributed by atoms with van der Waals surface area (Å²) in [5, 5.41) is 3.82. The van der Waals surface area contributed by atoms with Crippen molar-refractivity contribution in [1.82, 2.24) is 5.32 Å². The van der Waals surface area contributed by atoms with E-state index >= 15 is 0 Å². The molecular weight excluding hydrogens is 222 g/mol. The third-order valence-electron chi connectivity index (χ3n) is 4.43.